The first kappa shape index (κ1) is 13.1. The number of aromatic nitrogens is 3. The summed E-state index contributed by atoms with van der Waals surface area (Å²) in [5, 5.41) is 13.4. The van der Waals surface area contributed by atoms with Gasteiger partial charge >= 0.3 is 0 Å². The summed E-state index contributed by atoms with van der Waals surface area (Å²) < 4.78 is 1.77. The number of hydrogen-bond acceptors (Lipinski definition) is 4. The Bertz CT molecular complexity index is 589. The van der Waals surface area contributed by atoms with E-state index < -0.39 is 0 Å². The first-order valence-corrected chi connectivity index (χ1v) is 6.17. The molecule has 0 radical (unpaired) electrons. The van der Waals surface area contributed by atoms with Crippen LogP contribution < -0.4 is 5.73 Å². The van der Waals surface area contributed by atoms with E-state index in [0.717, 1.165) is 17.7 Å². The maximum atomic E-state index is 8.97. The van der Waals surface area contributed by atoms with Gasteiger partial charge in [-0.15, -0.1) is 0 Å². The molecule has 19 heavy (non-hydrogen) atoms. The molecule has 0 bridgehead atoms. The zero-order valence-electron chi connectivity index (χ0n) is 11.2. The van der Waals surface area contributed by atoms with Crippen molar-refractivity contribution in [1.82, 2.24) is 14.8 Å². The molecule has 1 aromatic carbocycles. The molecule has 0 saturated heterocycles. The molecule has 2 N–H and O–H groups in total. The number of rotatable bonds is 4. The number of hydrogen-bond donors (Lipinski definition) is 1. The zero-order valence-corrected chi connectivity index (χ0v) is 11.2. The van der Waals surface area contributed by atoms with Crippen molar-refractivity contribution < 1.29 is 0 Å². The molecule has 2 aromatic rings. The van der Waals surface area contributed by atoms with Gasteiger partial charge in [-0.1, -0.05) is 0 Å². The normalized spacial score (nSPS) is 11.2. The summed E-state index contributed by atoms with van der Waals surface area (Å²) in [5.41, 5.74) is 6.96. The van der Waals surface area contributed by atoms with E-state index >= 15 is 0 Å². The fraction of sp³-hybridized carbons (Fsp3) is 0.357. The molecule has 1 aromatic heterocycles. The van der Waals surface area contributed by atoms with Crippen LogP contribution in [0.1, 0.15) is 20.3 Å². The number of benzene rings is 1. The molecule has 98 valence electrons. The lowest BCUT2D eigenvalue weighted by Gasteiger charge is -2.13. The van der Waals surface area contributed by atoms with E-state index in [1.165, 1.54) is 0 Å². The topological polar surface area (TPSA) is 80.5 Å². The van der Waals surface area contributed by atoms with Crippen LogP contribution in [0.5, 0.6) is 0 Å². The van der Waals surface area contributed by atoms with Gasteiger partial charge in [-0.05, 0) is 44.5 Å². The molecule has 0 spiro atoms. The highest BCUT2D eigenvalue weighted by atomic mass is 15.3. The van der Waals surface area contributed by atoms with Gasteiger partial charge < -0.3 is 5.73 Å². The Kier molecular flexibility index (Phi) is 3.52. The Hall–Kier alpha value is -2.35. The first-order chi connectivity index (χ1) is 9.00. The lowest BCUT2D eigenvalue weighted by molar-refractivity contribution is 0.399. The fourth-order valence-electron chi connectivity index (χ4n) is 1.62. The summed E-state index contributed by atoms with van der Waals surface area (Å²) in [5.74, 6) is 0.676. The van der Waals surface area contributed by atoms with Gasteiger partial charge in [0.1, 0.15) is 6.33 Å². The summed E-state index contributed by atoms with van der Waals surface area (Å²) in [6.07, 6.45) is 2.44. The predicted octanol–water partition coefficient (Wildman–Crippen LogP) is 2.47. The van der Waals surface area contributed by atoms with Gasteiger partial charge in [0.15, 0.2) is 5.82 Å². The molecule has 0 saturated carbocycles. The van der Waals surface area contributed by atoms with E-state index in [4.69, 9.17) is 11.0 Å². The van der Waals surface area contributed by atoms with Gasteiger partial charge in [0.25, 0.3) is 0 Å². The summed E-state index contributed by atoms with van der Waals surface area (Å²) in [6.45, 7) is 4.53. The minimum atomic E-state index is -0.340. The van der Waals surface area contributed by atoms with Crippen LogP contribution in [0, 0.1) is 16.7 Å². The molecule has 0 fully saturated rings. The smallest absolute Gasteiger partial charge is 0.181 e. The van der Waals surface area contributed by atoms with Crippen molar-refractivity contribution in [3.8, 4) is 17.5 Å². The third kappa shape index (κ3) is 3.32. The minimum Gasteiger partial charge on any atom is -0.399 e. The highest BCUT2D eigenvalue weighted by Gasteiger charge is 2.16. The summed E-state index contributed by atoms with van der Waals surface area (Å²) in [4.78, 5) is 4.27. The van der Waals surface area contributed by atoms with E-state index in [9.17, 15) is 0 Å². The van der Waals surface area contributed by atoms with Crippen molar-refractivity contribution in [2.24, 2.45) is 5.41 Å². The molecular formula is C14H17N5. The first-order valence-electron chi connectivity index (χ1n) is 6.17. The van der Waals surface area contributed by atoms with Crippen LogP contribution in [0.4, 0.5) is 5.69 Å². The Morgan fingerprint density at radius 3 is 2.63 bits per heavy atom. The monoisotopic (exact) mass is 255 g/mol. The summed E-state index contributed by atoms with van der Waals surface area (Å²) in [7, 11) is 0. The average molecular weight is 255 g/mol. The van der Waals surface area contributed by atoms with E-state index in [1.54, 1.807) is 11.0 Å². The number of nitrogens with two attached hydrogens (primary N) is 1. The van der Waals surface area contributed by atoms with Crippen molar-refractivity contribution in [3.63, 3.8) is 0 Å². The highest BCUT2D eigenvalue weighted by molar-refractivity contribution is 5.57. The Morgan fingerprint density at radius 1 is 1.32 bits per heavy atom. The molecule has 5 heteroatoms. The molecular weight excluding hydrogens is 238 g/mol. The van der Waals surface area contributed by atoms with E-state index in [-0.39, 0.29) is 5.41 Å². The van der Waals surface area contributed by atoms with E-state index in [0.29, 0.717) is 12.4 Å². The van der Waals surface area contributed by atoms with Crippen molar-refractivity contribution in [2.45, 2.75) is 26.8 Å². The number of anilines is 1. The van der Waals surface area contributed by atoms with Crippen LogP contribution in [0.25, 0.3) is 11.4 Å². The lowest BCUT2D eigenvalue weighted by atomic mass is 9.92. The molecule has 0 amide bonds. The number of nitrogen functional groups attached to an aromatic ring is 1. The van der Waals surface area contributed by atoms with Gasteiger partial charge in [-0.2, -0.15) is 10.4 Å². The second-order valence-electron chi connectivity index (χ2n) is 5.20. The quantitative estimate of drug-likeness (QED) is 0.851. The lowest BCUT2D eigenvalue weighted by Crippen LogP contribution is -2.12. The molecule has 1 heterocycles. The van der Waals surface area contributed by atoms with Crippen molar-refractivity contribution in [1.29, 1.82) is 5.26 Å². The summed E-state index contributed by atoms with van der Waals surface area (Å²) in [6, 6.07) is 9.73. The number of aryl methyl sites for hydroxylation is 1. The highest BCUT2D eigenvalue weighted by Crippen LogP contribution is 2.20. The summed E-state index contributed by atoms with van der Waals surface area (Å²) >= 11 is 0. The Balaban J connectivity index is 2.07. The van der Waals surface area contributed by atoms with Crippen molar-refractivity contribution in [2.75, 3.05) is 5.73 Å². The minimum absolute atomic E-state index is 0.340. The fourth-order valence-corrected chi connectivity index (χ4v) is 1.62. The molecule has 5 nitrogen and oxygen atoms in total. The van der Waals surface area contributed by atoms with Gasteiger partial charge in [-0.3, -0.25) is 4.68 Å². The Morgan fingerprint density at radius 2 is 2.00 bits per heavy atom. The molecule has 0 aliphatic rings. The van der Waals surface area contributed by atoms with Crippen LogP contribution in [0.2, 0.25) is 0 Å². The van der Waals surface area contributed by atoms with Crippen molar-refractivity contribution >= 4 is 5.69 Å². The van der Waals surface area contributed by atoms with Crippen LogP contribution >= 0.6 is 0 Å². The predicted molar refractivity (Wildman–Crippen MR) is 73.9 cm³/mol. The van der Waals surface area contributed by atoms with E-state index in [2.05, 4.69) is 16.2 Å². The molecule has 0 atom stereocenters. The third-order valence-corrected chi connectivity index (χ3v) is 2.97. The zero-order chi connectivity index (χ0) is 13.9. The van der Waals surface area contributed by atoms with E-state index in [1.807, 2.05) is 38.1 Å². The second-order valence-corrected chi connectivity index (χ2v) is 5.20. The maximum Gasteiger partial charge on any atom is 0.181 e. The second kappa shape index (κ2) is 5.11. The van der Waals surface area contributed by atoms with Crippen LogP contribution in [-0.2, 0) is 6.54 Å². The standard InChI is InChI=1S/C14H17N5/c1-14(2,9-15)7-8-19-10-17-13(18-19)11-3-5-12(16)6-4-11/h3-6,10H,7-8,16H2,1-2H3. The van der Waals surface area contributed by atoms with Gasteiger partial charge in [0, 0.05) is 17.8 Å². The van der Waals surface area contributed by atoms with Gasteiger partial charge in [0.2, 0.25) is 0 Å². The van der Waals surface area contributed by atoms with Crippen LogP contribution in [0.3, 0.4) is 0 Å². The maximum absolute atomic E-state index is 8.97. The molecule has 0 aliphatic carbocycles. The number of nitrogens with zero attached hydrogens (tertiary/aromatic N) is 4. The van der Waals surface area contributed by atoms with Crippen LogP contribution in [-0.4, -0.2) is 14.8 Å². The molecule has 2 rings (SSSR count). The molecule has 0 unspecified atom stereocenters. The van der Waals surface area contributed by atoms with Gasteiger partial charge in [0.05, 0.1) is 11.5 Å². The Labute approximate surface area is 112 Å². The largest absolute Gasteiger partial charge is 0.399 e. The van der Waals surface area contributed by atoms with Crippen LogP contribution in [0.15, 0.2) is 30.6 Å². The average Bonchev–Trinajstić information content (AvgIpc) is 2.86. The van der Waals surface area contributed by atoms with Gasteiger partial charge in [-0.25, -0.2) is 4.98 Å². The third-order valence-electron chi connectivity index (χ3n) is 2.97. The molecule has 0 aliphatic heterocycles. The SMILES string of the molecule is CC(C)(C#N)CCn1cnc(-c2ccc(N)cc2)n1. The van der Waals surface area contributed by atoms with Crippen molar-refractivity contribution in [3.05, 3.63) is 30.6 Å². The number of nitriles is 1.